The molecule has 1 aliphatic heterocycles. The van der Waals surface area contributed by atoms with Crippen LogP contribution < -0.4 is 5.73 Å². The van der Waals surface area contributed by atoms with Crippen molar-refractivity contribution in [2.24, 2.45) is 11.7 Å². The fourth-order valence-corrected chi connectivity index (χ4v) is 2.27. The topological polar surface area (TPSA) is 59.2 Å². The monoisotopic (exact) mass is 297 g/mol. The number of carbonyl (C=O) groups excluding carboxylic acids is 1. The van der Waals surface area contributed by atoms with Crippen molar-refractivity contribution in [3.05, 3.63) is 28.5 Å². The van der Waals surface area contributed by atoms with Crippen molar-refractivity contribution < 1.29 is 4.79 Å². The Labute approximate surface area is 109 Å². The second-order valence-electron chi connectivity index (χ2n) is 4.33. The number of halogens is 1. The quantitative estimate of drug-likeness (QED) is 0.903. The van der Waals surface area contributed by atoms with E-state index >= 15 is 0 Å². The molecule has 2 heterocycles. The van der Waals surface area contributed by atoms with Crippen LogP contribution >= 0.6 is 15.9 Å². The number of aromatic nitrogens is 1. The maximum absolute atomic E-state index is 12.1. The zero-order chi connectivity index (χ0) is 12.3. The number of likely N-dealkylation sites (tertiary alicyclic amines) is 1. The molecule has 2 N–H and O–H groups in total. The van der Waals surface area contributed by atoms with Gasteiger partial charge in [0.2, 0.25) is 0 Å². The highest BCUT2D eigenvalue weighted by molar-refractivity contribution is 9.10. The van der Waals surface area contributed by atoms with Gasteiger partial charge in [-0.15, -0.1) is 0 Å². The minimum atomic E-state index is 0.0213. The van der Waals surface area contributed by atoms with E-state index in [4.69, 9.17) is 5.73 Å². The highest BCUT2D eigenvalue weighted by Crippen LogP contribution is 2.18. The molecule has 2 rings (SSSR count). The molecule has 0 aromatic carbocycles. The van der Waals surface area contributed by atoms with E-state index in [0.29, 0.717) is 11.6 Å². The molecule has 4 nitrogen and oxygen atoms in total. The standard InChI is InChI=1S/C12H16BrN3O/c13-10-1-2-11(15-8-10)12(17)16-5-3-9(7-14)4-6-16/h1-2,8-9H,3-7,14H2. The summed E-state index contributed by atoms with van der Waals surface area (Å²) in [6.07, 6.45) is 3.65. The Balaban J connectivity index is 1.99. The van der Waals surface area contributed by atoms with E-state index < -0.39 is 0 Å². The van der Waals surface area contributed by atoms with Crippen molar-refractivity contribution in [3.8, 4) is 0 Å². The van der Waals surface area contributed by atoms with E-state index in [2.05, 4.69) is 20.9 Å². The van der Waals surface area contributed by atoms with Crippen LogP contribution in [0.15, 0.2) is 22.8 Å². The lowest BCUT2D eigenvalue weighted by Gasteiger charge is -2.31. The molecule has 17 heavy (non-hydrogen) atoms. The molecule has 1 saturated heterocycles. The lowest BCUT2D eigenvalue weighted by atomic mass is 9.97. The summed E-state index contributed by atoms with van der Waals surface area (Å²) in [6, 6.07) is 3.59. The van der Waals surface area contributed by atoms with Gasteiger partial charge in [0.1, 0.15) is 5.69 Å². The Morgan fingerprint density at radius 3 is 2.71 bits per heavy atom. The minimum Gasteiger partial charge on any atom is -0.337 e. The summed E-state index contributed by atoms with van der Waals surface area (Å²) < 4.78 is 0.885. The molecule has 92 valence electrons. The average molecular weight is 298 g/mol. The van der Waals surface area contributed by atoms with Gasteiger partial charge in [-0.05, 0) is 53.4 Å². The first kappa shape index (κ1) is 12.5. The zero-order valence-corrected chi connectivity index (χ0v) is 11.2. The van der Waals surface area contributed by atoms with Crippen molar-refractivity contribution in [1.29, 1.82) is 0 Å². The van der Waals surface area contributed by atoms with Crippen molar-refractivity contribution in [2.75, 3.05) is 19.6 Å². The molecule has 0 radical (unpaired) electrons. The first-order chi connectivity index (χ1) is 8.20. The van der Waals surface area contributed by atoms with E-state index in [1.165, 1.54) is 0 Å². The van der Waals surface area contributed by atoms with Crippen LogP contribution in [0.1, 0.15) is 23.3 Å². The van der Waals surface area contributed by atoms with Crippen LogP contribution in [0.2, 0.25) is 0 Å². The van der Waals surface area contributed by atoms with E-state index in [1.807, 2.05) is 11.0 Å². The van der Waals surface area contributed by atoms with Crippen molar-refractivity contribution in [3.63, 3.8) is 0 Å². The van der Waals surface area contributed by atoms with E-state index in [1.54, 1.807) is 12.3 Å². The number of amides is 1. The highest BCUT2D eigenvalue weighted by atomic mass is 79.9. The lowest BCUT2D eigenvalue weighted by Crippen LogP contribution is -2.40. The summed E-state index contributed by atoms with van der Waals surface area (Å²) in [6.45, 7) is 2.30. The van der Waals surface area contributed by atoms with Gasteiger partial charge in [-0.2, -0.15) is 0 Å². The van der Waals surface area contributed by atoms with Crippen molar-refractivity contribution in [2.45, 2.75) is 12.8 Å². The summed E-state index contributed by atoms with van der Waals surface area (Å²) in [5.74, 6) is 0.588. The van der Waals surface area contributed by atoms with Gasteiger partial charge >= 0.3 is 0 Å². The molecule has 0 bridgehead atoms. The number of nitrogens with two attached hydrogens (primary N) is 1. The molecule has 1 fully saturated rings. The van der Waals surface area contributed by atoms with Crippen LogP contribution in [0, 0.1) is 5.92 Å². The Morgan fingerprint density at radius 1 is 1.47 bits per heavy atom. The number of nitrogens with zero attached hydrogens (tertiary/aromatic N) is 2. The molecule has 0 spiro atoms. The average Bonchev–Trinajstić information content (AvgIpc) is 2.39. The number of carbonyl (C=O) groups is 1. The molecule has 1 amide bonds. The number of piperidine rings is 1. The number of pyridine rings is 1. The molecular formula is C12H16BrN3O. The van der Waals surface area contributed by atoms with Gasteiger partial charge in [0.25, 0.3) is 5.91 Å². The number of hydrogen-bond acceptors (Lipinski definition) is 3. The third-order valence-corrected chi connectivity index (χ3v) is 3.65. The van der Waals surface area contributed by atoms with E-state index in [9.17, 15) is 4.79 Å². The Kier molecular flexibility index (Phi) is 4.12. The summed E-state index contributed by atoms with van der Waals surface area (Å²) in [5, 5.41) is 0. The highest BCUT2D eigenvalue weighted by Gasteiger charge is 2.23. The molecular weight excluding hydrogens is 282 g/mol. The summed E-state index contributed by atoms with van der Waals surface area (Å²) >= 11 is 3.31. The Morgan fingerprint density at radius 2 is 2.18 bits per heavy atom. The first-order valence-corrected chi connectivity index (χ1v) is 6.61. The normalized spacial score (nSPS) is 17.2. The lowest BCUT2D eigenvalue weighted by molar-refractivity contribution is 0.0687. The molecule has 0 atom stereocenters. The fraction of sp³-hybridized carbons (Fsp3) is 0.500. The summed E-state index contributed by atoms with van der Waals surface area (Å²) in [5.41, 5.74) is 6.14. The van der Waals surface area contributed by atoms with E-state index in [-0.39, 0.29) is 5.91 Å². The van der Waals surface area contributed by atoms with Crippen molar-refractivity contribution in [1.82, 2.24) is 9.88 Å². The molecule has 5 heteroatoms. The third kappa shape index (κ3) is 3.04. The van der Waals surface area contributed by atoms with E-state index in [0.717, 1.165) is 36.9 Å². The Bertz CT molecular complexity index is 385. The Hall–Kier alpha value is -0.940. The van der Waals surface area contributed by atoms with Crippen LogP contribution in [-0.4, -0.2) is 35.4 Å². The molecule has 0 aliphatic carbocycles. The van der Waals surface area contributed by atoms with Crippen LogP contribution in [0.3, 0.4) is 0 Å². The van der Waals surface area contributed by atoms with Gasteiger partial charge in [0.15, 0.2) is 0 Å². The largest absolute Gasteiger partial charge is 0.337 e. The van der Waals surface area contributed by atoms with Gasteiger partial charge < -0.3 is 10.6 Å². The van der Waals surface area contributed by atoms with Gasteiger partial charge in [-0.3, -0.25) is 4.79 Å². The van der Waals surface area contributed by atoms with Crippen LogP contribution in [0.5, 0.6) is 0 Å². The molecule has 1 aliphatic rings. The fourth-order valence-electron chi connectivity index (χ4n) is 2.04. The van der Waals surface area contributed by atoms with Crippen molar-refractivity contribution >= 4 is 21.8 Å². The minimum absolute atomic E-state index is 0.0213. The first-order valence-electron chi connectivity index (χ1n) is 5.81. The maximum Gasteiger partial charge on any atom is 0.272 e. The predicted octanol–water partition coefficient (Wildman–Crippen LogP) is 1.65. The molecule has 0 unspecified atom stereocenters. The SMILES string of the molecule is NCC1CCN(C(=O)c2ccc(Br)cn2)CC1. The van der Waals surface area contributed by atoms with Gasteiger partial charge in [0, 0.05) is 23.8 Å². The van der Waals surface area contributed by atoms with Crippen LogP contribution in [0.4, 0.5) is 0 Å². The summed E-state index contributed by atoms with van der Waals surface area (Å²) in [4.78, 5) is 18.1. The zero-order valence-electron chi connectivity index (χ0n) is 9.60. The van der Waals surface area contributed by atoms with Crippen LogP contribution in [0.25, 0.3) is 0 Å². The number of hydrogen-bond donors (Lipinski definition) is 1. The molecule has 1 aromatic rings. The van der Waals surface area contributed by atoms with Gasteiger partial charge in [-0.25, -0.2) is 4.98 Å². The second kappa shape index (κ2) is 5.60. The number of rotatable bonds is 2. The molecule has 1 aromatic heterocycles. The second-order valence-corrected chi connectivity index (χ2v) is 5.25. The summed E-state index contributed by atoms with van der Waals surface area (Å²) in [7, 11) is 0. The molecule has 0 saturated carbocycles. The third-order valence-electron chi connectivity index (χ3n) is 3.18. The van der Waals surface area contributed by atoms with Crippen LogP contribution in [-0.2, 0) is 0 Å². The maximum atomic E-state index is 12.1. The predicted molar refractivity (Wildman–Crippen MR) is 69.6 cm³/mol. The van der Waals surface area contributed by atoms with Gasteiger partial charge in [-0.1, -0.05) is 0 Å². The smallest absolute Gasteiger partial charge is 0.272 e. The van der Waals surface area contributed by atoms with Gasteiger partial charge in [0.05, 0.1) is 0 Å².